The topological polar surface area (TPSA) is 46.1 Å². The first-order valence-corrected chi connectivity index (χ1v) is 7.38. The molecule has 0 radical (unpaired) electrons. The van der Waals surface area contributed by atoms with Crippen LogP contribution in [0.3, 0.4) is 0 Å². The van der Waals surface area contributed by atoms with Crippen LogP contribution in [0.2, 0.25) is 0 Å². The largest absolute Gasteiger partial charge is 0.493 e. The number of methoxy groups -OCH3 is 2. The first-order valence-electron chi connectivity index (χ1n) is 7.38. The van der Waals surface area contributed by atoms with E-state index < -0.39 is 0 Å². The number of ether oxygens (including phenoxy) is 2. The molecule has 2 aromatic rings. The first kappa shape index (κ1) is 16.7. The van der Waals surface area contributed by atoms with E-state index in [9.17, 15) is 0 Å². The van der Waals surface area contributed by atoms with Gasteiger partial charge in [0.05, 0.1) is 27.0 Å². The number of benzene rings is 2. The molecule has 1 N–H and O–H groups in total. The van der Waals surface area contributed by atoms with Crippen LogP contribution in [0.15, 0.2) is 47.6 Å². The Morgan fingerprint density at radius 1 is 1.00 bits per heavy atom. The summed E-state index contributed by atoms with van der Waals surface area (Å²) in [6.07, 6.45) is 1.81. The molecule has 23 heavy (non-hydrogen) atoms. The summed E-state index contributed by atoms with van der Waals surface area (Å²) in [6.45, 7) is 0.618. The van der Waals surface area contributed by atoms with Crippen molar-refractivity contribution in [3.8, 4) is 11.5 Å². The number of hydrogen-bond acceptors (Lipinski definition) is 5. The predicted molar refractivity (Wildman–Crippen MR) is 94.7 cm³/mol. The van der Waals surface area contributed by atoms with E-state index >= 15 is 0 Å². The molecule has 0 spiro atoms. The Kier molecular flexibility index (Phi) is 5.86. The van der Waals surface area contributed by atoms with Gasteiger partial charge in [-0.15, -0.1) is 0 Å². The average Bonchev–Trinajstić information content (AvgIpc) is 2.58. The molecule has 2 aromatic carbocycles. The number of anilines is 1. The van der Waals surface area contributed by atoms with E-state index in [1.54, 1.807) is 20.4 Å². The first-order chi connectivity index (χ1) is 11.1. The van der Waals surface area contributed by atoms with E-state index in [-0.39, 0.29) is 0 Å². The summed E-state index contributed by atoms with van der Waals surface area (Å²) in [6, 6.07) is 14.0. The minimum Gasteiger partial charge on any atom is -0.493 e. The van der Waals surface area contributed by atoms with Crippen LogP contribution in [0.25, 0.3) is 0 Å². The van der Waals surface area contributed by atoms with Gasteiger partial charge in [0, 0.05) is 19.8 Å². The molecule has 0 saturated heterocycles. The summed E-state index contributed by atoms with van der Waals surface area (Å²) < 4.78 is 10.5. The van der Waals surface area contributed by atoms with Crippen LogP contribution in [0.4, 0.5) is 5.69 Å². The molecule has 0 aliphatic carbocycles. The Hall–Kier alpha value is -2.69. The predicted octanol–water partition coefficient (Wildman–Crippen LogP) is 2.89. The molecule has 2 rings (SSSR count). The third-order valence-electron chi connectivity index (χ3n) is 3.45. The maximum atomic E-state index is 5.29. The highest BCUT2D eigenvalue weighted by Crippen LogP contribution is 2.27. The molecule has 122 valence electrons. The number of nitrogens with zero attached hydrogens (tertiary/aromatic N) is 2. The van der Waals surface area contributed by atoms with Gasteiger partial charge in [-0.05, 0) is 35.4 Å². The van der Waals surface area contributed by atoms with Gasteiger partial charge in [0.15, 0.2) is 11.5 Å². The van der Waals surface area contributed by atoms with Crippen molar-refractivity contribution in [3.05, 3.63) is 53.6 Å². The van der Waals surface area contributed by atoms with Crippen LogP contribution in [0.1, 0.15) is 11.1 Å². The molecule has 0 aliphatic rings. The average molecular weight is 313 g/mol. The molecule has 0 unspecified atom stereocenters. The highest BCUT2D eigenvalue weighted by atomic mass is 16.5. The van der Waals surface area contributed by atoms with E-state index in [2.05, 4.69) is 27.6 Å². The lowest BCUT2D eigenvalue weighted by Crippen LogP contribution is -2.08. The lowest BCUT2D eigenvalue weighted by atomic mass is 10.2. The van der Waals surface area contributed by atoms with Crippen LogP contribution in [0.5, 0.6) is 11.5 Å². The lowest BCUT2D eigenvalue weighted by Gasteiger charge is -2.11. The molecular weight excluding hydrogens is 290 g/mol. The normalized spacial score (nSPS) is 10.6. The van der Waals surface area contributed by atoms with Crippen molar-refractivity contribution in [1.29, 1.82) is 0 Å². The number of hydrogen-bond donors (Lipinski definition) is 1. The third kappa shape index (κ3) is 4.64. The number of nitrogens with one attached hydrogen (secondary N) is 1. The zero-order valence-electron chi connectivity index (χ0n) is 14.0. The van der Waals surface area contributed by atoms with Crippen molar-refractivity contribution < 1.29 is 9.47 Å². The van der Waals surface area contributed by atoms with E-state index in [0.717, 1.165) is 22.6 Å². The van der Waals surface area contributed by atoms with Gasteiger partial charge in [0.1, 0.15) is 0 Å². The molecule has 0 heterocycles. The van der Waals surface area contributed by atoms with Gasteiger partial charge in [-0.1, -0.05) is 18.2 Å². The van der Waals surface area contributed by atoms with Crippen molar-refractivity contribution in [2.24, 2.45) is 5.10 Å². The summed E-state index contributed by atoms with van der Waals surface area (Å²) in [4.78, 5) is 2.07. The molecule has 0 aromatic heterocycles. The summed E-state index contributed by atoms with van der Waals surface area (Å²) in [5.74, 6) is 1.44. The van der Waals surface area contributed by atoms with Crippen molar-refractivity contribution in [2.45, 2.75) is 6.54 Å². The molecule has 5 nitrogen and oxygen atoms in total. The molecule has 5 heteroatoms. The second kappa shape index (κ2) is 8.08. The minimum absolute atomic E-state index is 0.618. The van der Waals surface area contributed by atoms with Gasteiger partial charge in [-0.25, -0.2) is 0 Å². The summed E-state index contributed by atoms with van der Waals surface area (Å²) in [7, 11) is 7.30. The minimum atomic E-state index is 0.618. The van der Waals surface area contributed by atoms with Gasteiger partial charge >= 0.3 is 0 Å². The fourth-order valence-electron chi connectivity index (χ4n) is 2.11. The van der Waals surface area contributed by atoms with Gasteiger partial charge < -0.3 is 19.8 Å². The monoisotopic (exact) mass is 313 g/mol. The van der Waals surface area contributed by atoms with E-state index in [1.807, 2.05) is 44.4 Å². The Balaban J connectivity index is 1.91. The second-order valence-electron chi connectivity index (χ2n) is 5.27. The van der Waals surface area contributed by atoms with Crippen molar-refractivity contribution >= 4 is 11.9 Å². The molecular formula is C18H23N3O2. The SMILES string of the molecule is COc1ccc(CN/N=C/c2ccc(N(C)C)cc2)cc1OC. The second-order valence-corrected chi connectivity index (χ2v) is 5.27. The fraction of sp³-hybridized carbons (Fsp3) is 0.278. The zero-order valence-corrected chi connectivity index (χ0v) is 14.0. The highest BCUT2D eigenvalue weighted by Gasteiger charge is 2.03. The van der Waals surface area contributed by atoms with Gasteiger partial charge in [0.25, 0.3) is 0 Å². The molecule has 0 fully saturated rings. The number of rotatable bonds is 7. The number of hydrazone groups is 1. The van der Waals surface area contributed by atoms with E-state index in [1.165, 1.54) is 5.69 Å². The van der Waals surface area contributed by atoms with Crippen LogP contribution in [0, 0.1) is 0 Å². The lowest BCUT2D eigenvalue weighted by molar-refractivity contribution is 0.354. The van der Waals surface area contributed by atoms with Gasteiger partial charge in [-0.2, -0.15) is 5.10 Å². The molecule has 0 amide bonds. The van der Waals surface area contributed by atoms with Gasteiger partial charge in [0.2, 0.25) is 0 Å². The maximum Gasteiger partial charge on any atom is 0.161 e. The van der Waals surface area contributed by atoms with Crippen LogP contribution in [-0.2, 0) is 6.54 Å². The maximum absolute atomic E-state index is 5.29. The van der Waals surface area contributed by atoms with Crippen molar-refractivity contribution in [2.75, 3.05) is 33.2 Å². The highest BCUT2D eigenvalue weighted by molar-refractivity contribution is 5.80. The molecule has 0 aliphatic heterocycles. The molecule has 0 atom stereocenters. The Morgan fingerprint density at radius 2 is 1.70 bits per heavy atom. The Morgan fingerprint density at radius 3 is 2.30 bits per heavy atom. The van der Waals surface area contributed by atoms with Crippen molar-refractivity contribution in [1.82, 2.24) is 5.43 Å². The van der Waals surface area contributed by atoms with E-state index in [4.69, 9.17) is 9.47 Å². The Labute approximate surface area is 137 Å². The summed E-state index contributed by atoms with van der Waals surface area (Å²) >= 11 is 0. The summed E-state index contributed by atoms with van der Waals surface area (Å²) in [5.41, 5.74) is 6.33. The Bertz CT molecular complexity index is 652. The third-order valence-corrected chi connectivity index (χ3v) is 3.45. The standard InChI is InChI=1S/C18H23N3O2/c1-21(2)16-8-5-14(6-9-16)12-19-20-13-15-7-10-17(22-3)18(11-15)23-4/h5-12,20H,13H2,1-4H3/b19-12+. The smallest absolute Gasteiger partial charge is 0.161 e. The molecule has 0 bridgehead atoms. The van der Waals surface area contributed by atoms with Crippen LogP contribution < -0.4 is 19.8 Å². The van der Waals surface area contributed by atoms with E-state index in [0.29, 0.717) is 6.54 Å². The molecule has 0 saturated carbocycles. The zero-order chi connectivity index (χ0) is 16.7. The summed E-state index contributed by atoms with van der Waals surface area (Å²) in [5, 5.41) is 4.25. The quantitative estimate of drug-likeness (QED) is 0.631. The fourth-order valence-corrected chi connectivity index (χ4v) is 2.11. The van der Waals surface area contributed by atoms with Gasteiger partial charge in [-0.3, -0.25) is 0 Å². The van der Waals surface area contributed by atoms with Crippen LogP contribution in [-0.4, -0.2) is 34.5 Å². The van der Waals surface area contributed by atoms with Crippen LogP contribution >= 0.6 is 0 Å². The van der Waals surface area contributed by atoms with Crippen molar-refractivity contribution in [3.63, 3.8) is 0 Å².